The summed E-state index contributed by atoms with van der Waals surface area (Å²) < 4.78 is 5.73. The van der Waals surface area contributed by atoms with E-state index in [2.05, 4.69) is 37.9 Å². The summed E-state index contributed by atoms with van der Waals surface area (Å²) in [7, 11) is 0. The lowest BCUT2D eigenvalue weighted by Crippen LogP contribution is -2.59. The number of rotatable bonds is 5. The Hall–Kier alpha value is -0.120. The summed E-state index contributed by atoms with van der Waals surface area (Å²) in [5.41, 5.74) is 0. The van der Waals surface area contributed by atoms with Crippen molar-refractivity contribution in [1.29, 1.82) is 0 Å². The van der Waals surface area contributed by atoms with E-state index in [0.29, 0.717) is 18.2 Å². The minimum atomic E-state index is 0.451. The Balaban J connectivity index is 1.94. The first-order valence-corrected chi connectivity index (χ1v) is 8.20. The van der Waals surface area contributed by atoms with Crippen molar-refractivity contribution < 1.29 is 4.74 Å². The SMILES string of the molecule is CCCC1CN(CC2CCOC2C)C(C(C)C)CN1. The molecule has 1 N–H and O–H groups in total. The van der Waals surface area contributed by atoms with Crippen molar-refractivity contribution in [3.8, 4) is 0 Å². The molecule has 0 aromatic heterocycles. The molecular formula is C16H32N2O. The average Bonchev–Trinajstić information content (AvgIpc) is 2.75. The van der Waals surface area contributed by atoms with Gasteiger partial charge in [0.2, 0.25) is 0 Å². The quantitative estimate of drug-likeness (QED) is 0.829. The van der Waals surface area contributed by atoms with Gasteiger partial charge in [0.1, 0.15) is 0 Å². The van der Waals surface area contributed by atoms with Crippen LogP contribution in [0.2, 0.25) is 0 Å². The summed E-state index contributed by atoms with van der Waals surface area (Å²) in [4.78, 5) is 2.75. The fourth-order valence-corrected chi connectivity index (χ4v) is 3.63. The molecule has 3 nitrogen and oxygen atoms in total. The molecule has 2 saturated heterocycles. The van der Waals surface area contributed by atoms with Crippen LogP contribution >= 0.6 is 0 Å². The van der Waals surface area contributed by atoms with E-state index in [0.717, 1.165) is 25.0 Å². The van der Waals surface area contributed by atoms with E-state index < -0.39 is 0 Å². The van der Waals surface area contributed by atoms with E-state index >= 15 is 0 Å². The highest BCUT2D eigenvalue weighted by Crippen LogP contribution is 2.25. The largest absolute Gasteiger partial charge is 0.378 e. The Labute approximate surface area is 119 Å². The smallest absolute Gasteiger partial charge is 0.0588 e. The molecule has 0 amide bonds. The van der Waals surface area contributed by atoms with Gasteiger partial charge in [-0.25, -0.2) is 0 Å². The lowest BCUT2D eigenvalue weighted by molar-refractivity contribution is 0.0524. The molecule has 4 atom stereocenters. The first-order chi connectivity index (χ1) is 9.11. The highest BCUT2D eigenvalue weighted by Gasteiger charge is 2.33. The summed E-state index contributed by atoms with van der Waals surface area (Å²) in [5.74, 6) is 1.47. The van der Waals surface area contributed by atoms with Crippen LogP contribution in [-0.4, -0.2) is 49.3 Å². The molecular weight excluding hydrogens is 236 g/mol. The molecule has 0 aromatic carbocycles. The topological polar surface area (TPSA) is 24.5 Å². The van der Waals surface area contributed by atoms with Crippen molar-refractivity contribution in [3.05, 3.63) is 0 Å². The van der Waals surface area contributed by atoms with Crippen LogP contribution in [0.5, 0.6) is 0 Å². The molecule has 2 aliphatic rings. The van der Waals surface area contributed by atoms with Crippen molar-refractivity contribution in [2.24, 2.45) is 11.8 Å². The summed E-state index contributed by atoms with van der Waals surface area (Å²) >= 11 is 0. The highest BCUT2D eigenvalue weighted by atomic mass is 16.5. The minimum Gasteiger partial charge on any atom is -0.378 e. The second-order valence-corrected chi connectivity index (χ2v) is 6.78. The van der Waals surface area contributed by atoms with Gasteiger partial charge in [-0.1, -0.05) is 27.2 Å². The molecule has 2 aliphatic heterocycles. The second-order valence-electron chi connectivity index (χ2n) is 6.78. The van der Waals surface area contributed by atoms with Gasteiger partial charge in [-0.2, -0.15) is 0 Å². The van der Waals surface area contributed by atoms with Crippen LogP contribution in [0.3, 0.4) is 0 Å². The van der Waals surface area contributed by atoms with Gasteiger partial charge < -0.3 is 10.1 Å². The maximum Gasteiger partial charge on any atom is 0.0588 e. The van der Waals surface area contributed by atoms with Gasteiger partial charge in [-0.15, -0.1) is 0 Å². The fourth-order valence-electron chi connectivity index (χ4n) is 3.63. The molecule has 0 aliphatic carbocycles. The molecule has 0 bridgehead atoms. The molecule has 2 heterocycles. The maximum absolute atomic E-state index is 5.73. The Morgan fingerprint density at radius 2 is 2.16 bits per heavy atom. The first-order valence-electron chi connectivity index (χ1n) is 8.20. The van der Waals surface area contributed by atoms with E-state index in [-0.39, 0.29) is 0 Å². The van der Waals surface area contributed by atoms with Gasteiger partial charge in [0.25, 0.3) is 0 Å². The Morgan fingerprint density at radius 1 is 1.37 bits per heavy atom. The number of piperazine rings is 1. The van der Waals surface area contributed by atoms with Crippen LogP contribution in [0.1, 0.15) is 47.0 Å². The van der Waals surface area contributed by atoms with E-state index in [1.165, 1.54) is 32.4 Å². The van der Waals surface area contributed by atoms with E-state index in [4.69, 9.17) is 4.74 Å². The molecule has 0 aromatic rings. The Morgan fingerprint density at radius 3 is 2.74 bits per heavy atom. The van der Waals surface area contributed by atoms with Gasteiger partial charge in [-0.3, -0.25) is 4.90 Å². The summed E-state index contributed by atoms with van der Waals surface area (Å²) in [6.45, 7) is 13.8. The van der Waals surface area contributed by atoms with Gasteiger partial charge in [-0.05, 0) is 31.6 Å². The highest BCUT2D eigenvalue weighted by molar-refractivity contribution is 4.90. The standard InChI is InChI=1S/C16H32N2O/c1-5-6-15-11-18(16(9-17-15)12(2)3)10-14-7-8-19-13(14)4/h12-17H,5-11H2,1-4H3. The predicted octanol–water partition coefficient (Wildman–Crippen LogP) is 2.51. The van der Waals surface area contributed by atoms with E-state index in [1.807, 2.05) is 0 Å². The van der Waals surface area contributed by atoms with Gasteiger partial charge in [0.05, 0.1) is 6.10 Å². The zero-order valence-corrected chi connectivity index (χ0v) is 13.2. The number of hydrogen-bond donors (Lipinski definition) is 1. The first kappa shape index (κ1) is 15.3. The Kier molecular flexibility index (Phi) is 5.67. The summed E-state index contributed by atoms with van der Waals surface area (Å²) in [6, 6.07) is 1.39. The van der Waals surface area contributed by atoms with Crippen LogP contribution < -0.4 is 5.32 Å². The molecule has 0 spiro atoms. The zero-order valence-electron chi connectivity index (χ0n) is 13.2. The lowest BCUT2D eigenvalue weighted by Gasteiger charge is -2.43. The van der Waals surface area contributed by atoms with E-state index in [9.17, 15) is 0 Å². The fraction of sp³-hybridized carbons (Fsp3) is 1.00. The molecule has 2 rings (SSSR count). The Bertz CT molecular complexity index is 269. The normalized spacial score (nSPS) is 37.1. The molecule has 112 valence electrons. The molecule has 4 unspecified atom stereocenters. The summed E-state index contributed by atoms with van der Waals surface area (Å²) in [5, 5.41) is 3.74. The number of nitrogens with one attached hydrogen (secondary N) is 1. The van der Waals surface area contributed by atoms with Crippen LogP contribution in [0.4, 0.5) is 0 Å². The molecule has 3 heteroatoms. The summed E-state index contributed by atoms with van der Waals surface area (Å²) in [6.07, 6.45) is 4.28. The monoisotopic (exact) mass is 268 g/mol. The second kappa shape index (κ2) is 7.05. The van der Waals surface area contributed by atoms with Gasteiger partial charge >= 0.3 is 0 Å². The van der Waals surface area contributed by atoms with Crippen molar-refractivity contribution in [3.63, 3.8) is 0 Å². The minimum absolute atomic E-state index is 0.451. The third-order valence-electron chi connectivity index (χ3n) is 4.95. The van der Waals surface area contributed by atoms with Gasteiger partial charge in [0, 0.05) is 38.3 Å². The van der Waals surface area contributed by atoms with Crippen LogP contribution in [0.15, 0.2) is 0 Å². The van der Waals surface area contributed by atoms with Gasteiger partial charge in [0.15, 0.2) is 0 Å². The lowest BCUT2D eigenvalue weighted by atomic mass is 9.94. The maximum atomic E-state index is 5.73. The number of nitrogens with zero attached hydrogens (tertiary/aromatic N) is 1. The van der Waals surface area contributed by atoms with Crippen molar-refractivity contribution in [1.82, 2.24) is 10.2 Å². The van der Waals surface area contributed by atoms with Crippen molar-refractivity contribution in [2.45, 2.75) is 65.1 Å². The molecule has 19 heavy (non-hydrogen) atoms. The predicted molar refractivity (Wildman–Crippen MR) is 80.4 cm³/mol. The van der Waals surface area contributed by atoms with Crippen LogP contribution in [0, 0.1) is 11.8 Å². The molecule has 0 radical (unpaired) electrons. The van der Waals surface area contributed by atoms with E-state index in [1.54, 1.807) is 0 Å². The third kappa shape index (κ3) is 3.93. The number of hydrogen-bond acceptors (Lipinski definition) is 3. The van der Waals surface area contributed by atoms with Crippen LogP contribution in [0.25, 0.3) is 0 Å². The number of ether oxygens (including phenoxy) is 1. The van der Waals surface area contributed by atoms with Crippen molar-refractivity contribution >= 4 is 0 Å². The molecule has 2 fully saturated rings. The average molecular weight is 268 g/mol. The zero-order chi connectivity index (χ0) is 13.8. The van der Waals surface area contributed by atoms with Crippen LogP contribution in [-0.2, 0) is 4.74 Å². The molecule has 0 saturated carbocycles. The van der Waals surface area contributed by atoms with Crippen molar-refractivity contribution in [2.75, 3.05) is 26.2 Å². The third-order valence-corrected chi connectivity index (χ3v) is 4.95.